The van der Waals surface area contributed by atoms with Crippen LogP contribution < -0.4 is 10.2 Å². The summed E-state index contributed by atoms with van der Waals surface area (Å²) in [4.78, 5) is 38.5. The Morgan fingerprint density at radius 1 is 1.11 bits per heavy atom. The van der Waals surface area contributed by atoms with Crippen molar-refractivity contribution in [2.45, 2.75) is 20.0 Å². The minimum absolute atomic E-state index is 0.0239. The predicted octanol–water partition coefficient (Wildman–Crippen LogP) is 4.45. The number of nitrogens with one attached hydrogen (secondary N) is 1. The molecule has 0 saturated heterocycles. The van der Waals surface area contributed by atoms with Crippen LogP contribution >= 0.6 is 27.5 Å². The standard InChI is InChI=1S/C20H16BrClN2O4/c1-11(2)28-20(27)12-4-3-5-15(10-12)24-18(25)16(22)17(19(24)26)23-14-8-6-13(21)7-9-14/h3-11,23H,1-2H3. The highest BCUT2D eigenvalue weighted by molar-refractivity contribution is 9.10. The fourth-order valence-corrected chi connectivity index (χ4v) is 3.05. The van der Waals surface area contributed by atoms with Crippen molar-refractivity contribution in [1.29, 1.82) is 0 Å². The normalized spacial score (nSPS) is 14.1. The van der Waals surface area contributed by atoms with E-state index < -0.39 is 17.8 Å². The second-order valence-electron chi connectivity index (χ2n) is 6.27. The molecule has 1 aliphatic heterocycles. The first-order valence-electron chi connectivity index (χ1n) is 8.40. The van der Waals surface area contributed by atoms with E-state index in [9.17, 15) is 14.4 Å². The van der Waals surface area contributed by atoms with Crippen molar-refractivity contribution < 1.29 is 19.1 Å². The van der Waals surface area contributed by atoms with Gasteiger partial charge in [-0.2, -0.15) is 0 Å². The van der Waals surface area contributed by atoms with Gasteiger partial charge in [-0.05, 0) is 56.3 Å². The molecule has 0 atom stereocenters. The van der Waals surface area contributed by atoms with Crippen LogP contribution in [-0.2, 0) is 14.3 Å². The molecule has 1 heterocycles. The zero-order chi connectivity index (χ0) is 20.4. The van der Waals surface area contributed by atoms with Crippen LogP contribution in [0.2, 0.25) is 0 Å². The van der Waals surface area contributed by atoms with Crippen molar-refractivity contribution in [3.8, 4) is 0 Å². The maximum Gasteiger partial charge on any atom is 0.338 e. The number of carbonyl (C=O) groups excluding carboxylic acids is 3. The van der Waals surface area contributed by atoms with Gasteiger partial charge in [-0.15, -0.1) is 0 Å². The summed E-state index contributed by atoms with van der Waals surface area (Å²) in [5.74, 6) is -1.81. The first-order chi connectivity index (χ1) is 13.3. The Bertz CT molecular complexity index is 986. The monoisotopic (exact) mass is 462 g/mol. The van der Waals surface area contributed by atoms with E-state index in [-0.39, 0.29) is 28.1 Å². The zero-order valence-electron chi connectivity index (χ0n) is 15.0. The highest BCUT2D eigenvalue weighted by Crippen LogP contribution is 2.31. The third-order valence-electron chi connectivity index (χ3n) is 3.82. The van der Waals surface area contributed by atoms with Crippen molar-refractivity contribution in [1.82, 2.24) is 0 Å². The lowest BCUT2D eigenvalue weighted by Gasteiger charge is -2.16. The third-order valence-corrected chi connectivity index (χ3v) is 4.70. The van der Waals surface area contributed by atoms with E-state index in [4.69, 9.17) is 16.3 Å². The minimum atomic E-state index is -0.666. The molecule has 1 N–H and O–H groups in total. The van der Waals surface area contributed by atoms with Crippen LogP contribution in [0.1, 0.15) is 24.2 Å². The molecule has 0 aliphatic carbocycles. The molecule has 3 rings (SSSR count). The number of hydrogen-bond acceptors (Lipinski definition) is 5. The van der Waals surface area contributed by atoms with Crippen LogP contribution in [0, 0.1) is 0 Å². The molecular weight excluding hydrogens is 448 g/mol. The van der Waals surface area contributed by atoms with Gasteiger partial charge in [0.1, 0.15) is 10.7 Å². The summed E-state index contributed by atoms with van der Waals surface area (Å²) in [5.41, 5.74) is 1.05. The summed E-state index contributed by atoms with van der Waals surface area (Å²) in [6.45, 7) is 3.47. The minimum Gasteiger partial charge on any atom is -0.459 e. The number of carbonyl (C=O) groups is 3. The van der Waals surface area contributed by atoms with Gasteiger partial charge in [-0.1, -0.05) is 33.6 Å². The van der Waals surface area contributed by atoms with Gasteiger partial charge in [0.05, 0.1) is 17.4 Å². The quantitative estimate of drug-likeness (QED) is 0.524. The van der Waals surface area contributed by atoms with Crippen molar-refractivity contribution in [3.63, 3.8) is 0 Å². The van der Waals surface area contributed by atoms with E-state index in [0.29, 0.717) is 5.69 Å². The molecule has 1 aliphatic rings. The lowest BCUT2D eigenvalue weighted by Crippen LogP contribution is -2.32. The Balaban J connectivity index is 1.87. The van der Waals surface area contributed by atoms with Crippen LogP contribution in [-0.4, -0.2) is 23.9 Å². The number of halogens is 2. The predicted molar refractivity (Wildman–Crippen MR) is 110 cm³/mol. The van der Waals surface area contributed by atoms with E-state index in [1.165, 1.54) is 6.07 Å². The Labute approximate surface area is 175 Å². The van der Waals surface area contributed by atoms with Gasteiger partial charge < -0.3 is 10.1 Å². The Kier molecular flexibility index (Phi) is 5.86. The molecule has 8 heteroatoms. The van der Waals surface area contributed by atoms with Gasteiger partial charge in [-0.3, -0.25) is 9.59 Å². The van der Waals surface area contributed by atoms with Gasteiger partial charge in [-0.25, -0.2) is 9.69 Å². The Morgan fingerprint density at radius 2 is 1.79 bits per heavy atom. The average Bonchev–Trinajstić information content (AvgIpc) is 2.86. The fourth-order valence-electron chi connectivity index (χ4n) is 2.58. The molecule has 2 aromatic carbocycles. The molecule has 28 heavy (non-hydrogen) atoms. The summed E-state index contributed by atoms with van der Waals surface area (Å²) >= 11 is 9.46. The Hall–Kier alpha value is -2.64. The van der Waals surface area contributed by atoms with Gasteiger partial charge in [0.25, 0.3) is 11.8 Å². The van der Waals surface area contributed by atoms with Crippen molar-refractivity contribution >= 4 is 56.7 Å². The number of benzene rings is 2. The zero-order valence-corrected chi connectivity index (χ0v) is 17.4. The molecule has 0 fully saturated rings. The third kappa shape index (κ3) is 4.10. The van der Waals surface area contributed by atoms with Crippen LogP contribution in [0.15, 0.2) is 63.7 Å². The molecule has 6 nitrogen and oxygen atoms in total. The van der Waals surface area contributed by atoms with E-state index in [2.05, 4.69) is 21.2 Å². The molecule has 0 bridgehead atoms. The first-order valence-corrected chi connectivity index (χ1v) is 9.57. The highest BCUT2D eigenvalue weighted by Gasteiger charge is 2.39. The average molecular weight is 464 g/mol. The molecule has 2 amide bonds. The summed E-state index contributed by atoms with van der Waals surface area (Å²) in [6, 6.07) is 13.2. The largest absolute Gasteiger partial charge is 0.459 e. The lowest BCUT2D eigenvalue weighted by atomic mass is 10.2. The van der Waals surface area contributed by atoms with E-state index in [1.807, 2.05) is 0 Å². The maximum absolute atomic E-state index is 12.8. The number of imide groups is 1. The highest BCUT2D eigenvalue weighted by atomic mass is 79.9. The summed E-state index contributed by atoms with van der Waals surface area (Å²) in [5, 5.41) is 2.67. The summed E-state index contributed by atoms with van der Waals surface area (Å²) < 4.78 is 6.03. The molecule has 0 radical (unpaired) electrons. The molecule has 0 saturated carbocycles. The van der Waals surface area contributed by atoms with Crippen LogP contribution in [0.5, 0.6) is 0 Å². The van der Waals surface area contributed by atoms with Gasteiger partial charge in [0, 0.05) is 10.2 Å². The molecule has 0 unspecified atom stereocenters. The van der Waals surface area contributed by atoms with E-state index >= 15 is 0 Å². The van der Waals surface area contributed by atoms with Crippen LogP contribution in [0.25, 0.3) is 0 Å². The van der Waals surface area contributed by atoms with Crippen molar-refractivity contribution in [2.75, 3.05) is 10.2 Å². The number of nitrogens with zero attached hydrogens (tertiary/aromatic N) is 1. The smallest absolute Gasteiger partial charge is 0.338 e. The summed E-state index contributed by atoms with van der Waals surface area (Å²) in [6.07, 6.45) is -0.288. The second kappa shape index (κ2) is 8.16. The number of ether oxygens (including phenoxy) is 1. The maximum atomic E-state index is 12.8. The number of esters is 1. The van der Waals surface area contributed by atoms with E-state index in [0.717, 1.165) is 9.37 Å². The van der Waals surface area contributed by atoms with Crippen molar-refractivity contribution in [2.24, 2.45) is 0 Å². The lowest BCUT2D eigenvalue weighted by molar-refractivity contribution is -0.120. The molecular formula is C20H16BrClN2O4. The second-order valence-corrected chi connectivity index (χ2v) is 7.56. The molecule has 0 aromatic heterocycles. The SMILES string of the molecule is CC(C)OC(=O)c1cccc(N2C(=O)C(Cl)=C(Nc3ccc(Br)cc3)C2=O)c1. The van der Waals surface area contributed by atoms with Crippen molar-refractivity contribution in [3.05, 3.63) is 69.3 Å². The van der Waals surface area contributed by atoms with E-state index in [1.54, 1.807) is 56.3 Å². The van der Waals surface area contributed by atoms with Crippen LogP contribution in [0.3, 0.4) is 0 Å². The number of rotatable bonds is 5. The molecule has 2 aromatic rings. The molecule has 0 spiro atoms. The fraction of sp³-hybridized carbons (Fsp3) is 0.150. The Morgan fingerprint density at radius 3 is 2.43 bits per heavy atom. The van der Waals surface area contributed by atoms with Gasteiger partial charge >= 0.3 is 5.97 Å². The number of amides is 2. The van der Waals surface area contributed by atoms with Gasteiger partial charge in [0.15, 0.2) is 0 Å². The first kappa shape index (κ1) is 20.1. The van der Waals surface area contributed by atoms with Gasteiger partial charge in [0.2, 0.25) is 0 Å². The number of anilines is 2. The number of hydrogen-bond donors (Lipinski definition) is 1. The topological polar surface area (TPSA) is 75.7 Å². The summed E-state index contributed by atoms with van der Waals surface area (Å²) in [7, 11) is 0. The molecule has 144 valence electrons. The van der Waals surface area contributed by atoms with Crippen LogP contribution in [0.4, 0.5) is 11.4 Å².